The summed E-state index contributed by atoms with van der Waals surface area (Å²) < 4.78 is 5.47. The van der Waals surface area contributed by atoms with Crippen molar-refractivity contribution in [2.45, 2.75) is 18.9 Å². The van der Waals surface area contributed by atoms with Crippen LogP contribution in [0.2, 0.25) is 0 Å². The van der Waals surface area contributed by atoms with Crippen molar-refractivity contribution in [3.63, 3.8) is 0 Å². The van der Waals surface area contributed by atoms with E-state index in [0.717, 1.165) is 74.8 Å². The van der Waals surface area contributed by atoms with Gasteiger partial charge >= 0.3 is 0 Å². The van der Waals surface area contributed by atoms with Crippen molar-refractivity contribution in [2.75, 3.05) is 54.5 Å². The van der Waals surface area contributed by atoms with Crippen LogP contribution in [-0.2, 0) is 4.74 Å². The van der Waals surface area contributed by atoms with Gasteiger partial charge in [-0.2, -0.15) is 0 Å². The predicted molar refractivity (Wildman–Crippen MR) is 116 cm³/mol. The molecule has 3 aromatic rings. The fourth-order valence-corrected chi connectivity index (χ4v) is 4.26. The number of rotatable bonds is 4. The number of anilines is 3. The van der Waals surface area contributed by atoms with E-state index in [-0.39, 0.29) is 0 Å². The van der Waals surface area contributed by atoms with Gasteiger partial charge in [0, 0.05) is 55.6 Å². The highest BCUT2D eigenvalue weighted by Gasteiger charge is 2.23. The second-order valence-electron chi connectivity index (χ2n) is 7.64. The highest BCUT2D eigenvalue weighted by atomic mass is 16.5. The molecule has 0 bridgehead atoms. The third-order valence-electron chi connectivity index (χ3n) is 5.71. The summed E-state index contributed by atoms with van der Waals surface area (Å²) in [5.41, 5.74) is 2.20. The first-order chi connectivity index (χ1) is 14.4. The normalized spacial score (nSPS) is 20.1. The van der Waals surface area contributed by atoms with Crippen LogP contribution in [0.15, 0.2) is 48.9 Å². The minimum absolute atomic E-state index is 0.338. The number of hydrogen-bond acceptors (Lipinski definition) is 7. The summed E-state index contributed by atoms with van der Waals surface area (Å²) in [6, 6.07) is 12.8. The van der Waals surface area contributed by atoms with Crippen LogP contribution in [0.1, 0.15) is 12.8 Å². The fraction of sp³-hybridized carbons (Fsp3) is 0.409. The largest absolute Gasteiger partial charge is 0.378 e. The number of para-hydroxylation sites is 1. The molecule has 7 heteroatoms. The Labute approximate surface area is 170 Å². The van der Waals surface area contributed by atoms with E-state index in [4.69, 9.17) is 4.74 Å². The van der Waals surface area contributed by atoms with E-state index in [0.29, 0.717) is 6.04 Å². The Balaban J connectivity index is 1.31. The second-order valence-corrected chi connectivity index (χ2v) is 7.64. The van der Waals surface area contributed by atoms with E-state index >= 15 is 0 Å². The van der Waals surface area contributed by atoms with Crippen molar-refractivity contribution in [1.29, 1.82) is 0 Å². The third kappa shape index (κ3) is 3.96. The lowest BCUT2D eigenvalue weighted by atomic mass is 10.0. The molecule has 4 heterocycles. The van der Waals surface area contributed by atoms with Gasteiger partial charge in [-0.3, -0.25) is 0 Å². The van der Waals surface area contributed by atoms with Crippen LogP contribution in [0.25, 0.3) is 10.9 Å². The summed E-state index contributed by atoms with van der Waals surface area (Å²) in [4.78, 5) is 18.3. The maximum Gasteiger partial charge on any atom is 0.139 e. The minimum Gasteiger partial charge on any atom is -0.378 e. The Morgan fingerprint density at radius 3 is 2.79 bits per heavy atom. The summed E-state index contributed by atoms with van der Waals surface area (Å²) >= 11 is 0. The molecule has 1 atom stereocenters. The summed E-state index contributed by atoms with van der Waals surface area (Å²) in [5.74, 6) is 1.96. The lowest BCUT2D eigenvalue weighted by molar-refractivity contribution is 0.122. The fourth-order valence-electron chi connectivity index (χ4n) is 4.26. The molecular formula is C22H26N6O. The molecule has 2 aromatic heterocycles. The van der Waals surface area contributed by atoms with Crippen LogP contribution in [0.5, 0.6) is 0 Å². The Hall–Kier alpha value is -2.93. The van der Waals surface area contributed by atoms with Gasteiger partial charge in [-0.15, -0.1) is 0 Å². The van der Waals surface area contributed by atoms with E-state index in [1.54, 1.807) is 6.33 Å². The lowest BCUT2D eigenvalue weighted by Crippen LogP contribution is -2.42. The standard InChI is InChI=1S/C22H26N6O/c1-2-6-20-19(5-1)22(25-16-24-20)28-9-3-4-17(15-28)26-21-14-18(7-8-23-21)27-10-12-29-13-11-27/h1-2,5-8,14,16-17H,3-4,9-13,15H2,(H,23,26)/t17-/m1/s1. The molecule has 0 aliphatic carbocycles. The van der Waals surface area contributed by atoms with Crippen LogP contribution in [-0.4, -0.2) is 60.4 Å². The monoisotopic (exact) mass is 390 g/mol. The summed E-state index contributed by atoms with van der Waals surface area (Å²) in [6.07, 6.45) is 5.82. The average Bonchev–Trinajstić information content (AvgIpc) is 2.80. The zero-order valence-corrected chi connectivity index (χ0v) is 16.5. The number of fused-ring (bicyclic) bond motifs is 1. The van der Waals surface area contributed by atoms with Crippen molar-refractivity contribution < 1.29 is 4.74 Å². The molecule has 2 saturated heterocycles. The molecule has 0 amide bonds. The Bertz CT molecular complexity index is 969. The summed E-state index contributed by atoms with van der Waals surface area (Å²) in [7, 11) is 0. The number of aromatic nitrogens is 3. The molecule has 2 aliphatic heterocycles. The van der Waals surface area contributed by atoms with Gasteiger partial charge in [0.15, 0.2) is 0 Å². The van der Waals surface area contributed by atoms with E-state index in [9.17, 15) is 0 Å². The first kappa shape index (κ1) is 18.1. The molecule has 0 unspecified atom stereocenters. The van der Waals surface area contributed by atoms with Gasteiger partial charge in [0.25, 0.3) is 0 Å². The van der Waals surface area contributed by atoms with Crippen LogP contribution >= 0.6 is 0 Å². The number of ether oxygens (including phenoxy) is 1. The Kier molecular flexibility index (Phi) is 5.13. The number of hydrogen-bond donors (Lipinski definition) is 1. The number of benzene rings is 1. The van der Waals surface area contributed by atoms with Gasteiger partial charge in [0.1, 0.15) is 18.0 Å². The van der Waals surface area contributed by atoms with Gasteiger partial charge in [0.05, 0.1) is 18.7 Å². The number of pyridine rings is 1. The molecule has 1 N–H and O–H groups in total. The van der Waals surface area contributed by atoms with Crippen molar-refractivity contribution in [3.8, 4) is 0 Å². The first-order valence-electron chi connectivity index (χ1n) is 10.4. The van der Waals surface area contributed by atoms with Gasteiger partial charge in [-0.1, -0.05) is 12.1 Å². The molecular weight excluding hydrogens is 364 g/mol. The highest BCUT2D eigenvalue weighted by molar-refractivity contribution is 5.89. The topological polar surface area (TPSA) is 66.4 Å². The molecule has 1 aromatic carbocycles. The van der Waals surface area contributed by atoms with Crippen LogP contribution in [0, 0.1) is 0 Å². The quantitative estimate of drug-likeness (QED) is 0.735. The second kappa shape index (κ2) is 8.21. The van der Waals surface area contributed by atoms with Crippen LogP contribution < -0.4 is 15.1 Å². The zero-order chi connectivity index (χ0) is 19.5. The third-order valence-corrected chi connectivity index (χ3v) is 5.71. The van der Waals surface area contributed by atoms with E-state index in [1.165, 1.54) is 5.69 Å². The van der Waals surface area contributed by atoms with Crippen molar-refractivity contribution in [3.05, 3.63) is 48.9 Å². The van der Waals surface area contributed by atoms with Crippen LogP contribution in [0.3, 0.4) is 0 Å². The van der Waals surface area contributed by atoms with Crippen molar-refractivity contribution >= 4 is 28.2 Å². The average molecular weight is 390 g/mol. The number of piperidine rings is 1. The molecule has 0 spiro atoms. The number of nitrogens with zero attached hydrogens (tertiary/aromatic N) is 5. The van der Waals surface area contributed by atoms with Gasteiger partial charge in [-0.05, 0) is 31.0 Å². The summed E-state index contributed by atoms with van der Waals surface area (Å²) in [5, 5.41) is 4.77. The Morgan fingerprint density at radius 1 is 0.966 bits per heavy atom. The molecule has 150 valence electrons. The molecule has 5 rings (SSSR count). The first-order valence-corrected chi connectivity index (χ1v) is 10.4. The van der Waals surface area contributed by atoms with E-state index in [1.807, 2.05) is 18.3 Å². The summed E-state index contributed by atoms with van der Waals surface area (Å²) in [6.45, 7) is 5.36. The predicted octanol–water partition coefficient (Wildman–Crippen LogP) is 2.94. The van der Waals surface area contributed by atoms with Gasteiger partial charge in [-0.25, -0.2) is 15.0 Å². The van der Waals surface area contributed by atoms with Crippen molar-refractivity contribution in [1.82, 2.24) is 15.0 Å². The SMILES string of the molecule is c1ccc2c(N3CCC[C@@H](Nc4cc(N5CCOCC5)ccn4)C3)ncnc2c1. The van der Waals surface area contributed by atoms with Crippen LogP contribution in [0.4, 0.5) is 17.3 Å². The smallest absolute Gasteiger partial charge is 0.139 e. The maximum absolute atomic E-state index is 5.47. The number of morpholine rings is 1. The van der Waals surface area contributed by atoms with Gasteiger partial charge in [0.2, 0.25) is 0 Å². The van der Waals surface area contributed by atoms with Gasteiger partial charge < -0.3 is 19.9 Å². The highest BCUT2D eigenvalue weighted by Crippen LogP contribution is 2.27. The zero-order valence-electron chi connectivity index (χ0n) is 16.5. The van der Waals surface area contributed by atoms with E-state index in [2.05, 4.69) is 54.3 Å². The number of nitrogens with one attached hydrogen (secondary N) is 1. The molecule has 2 aliphatic rings. The maximum atomic E-state index is 5.47. The molecule has 0 radical (unpaired) electrons. The van der Waals surface area contributed by atoms with Crippen molar-refractivity contribution in [2.24, 2.45) is 0 Å². The molecule has 0 saturated carbocycles. The minimum atomic E-state index is 0.338. The molecule has 29 heavy (non-hydrogen) atoms. The lowest BCUT2D eigenvalue weighted by Gasteiger charge is -2.35. The molecule has 2 fully saturated rings. The Morgan fingerprint density at radius 2 is 1.86 bits per heavy atom. The molecule has 7 nitrogen and oxygen atoms in total. The van der Waals surface area contributed by atoms with E-state index < -0.39 is 0 Å².